The zero-order valence-corrected chi connectivity index (χ0v) is 29.4. The molecule has 17 heteroatoms. The molecule has 1 saturated carbocycles. The van der Waals surface area contributed by atoms with Crippen molar-refractivity contribution in [2.75, 3.05) is 35.9 Å². The highest BCUT2D eigenvalue weighted by atomic mass is 35.5. The fraction of sp³-hybridized carbons (Fsp3) is 0.333. The van der Waals surface area contributed by atoms with Gasteiger partial charge in [0.1, 0.15) is 17.3 Å². The molecule has 4 aliphatic rings. The Morgan fingerprint density at radius 1 is 0.925 bits per heavy atom. The topological polar surface area (TPSA) is 194 Å². The van der Waals surface area contributed by atoms with Gasteiger partial charge in [-0.1, -0.05) is 23.3 Å². The molecule has 7 rings (SSSR count). The Morgan fingerprint density at radius 2 is 1.58 bits per heavy atom. The number of rotatable bonds is 7. The van der Waals surface area contributed by atoms with E-state index in [1.807, 2.05) is 0 Å². The molecule has 6 atom stereocenters. The van der Waals surface area contributed by atoms with Crippen molar-refractivity contribution in [1.29, 1.82) is 0 Å². The Bertz CT molecular complexity index is 2190. The van der Waals surface area contributed by atoms with Gasteiger partial charge < -0.3 is 14.7 Å². The molecule has 53 heavy (non-hydrogen) atoms. The number of phenols is 1. The normalized spacial score (nSPS) is 26.2. The molecule has 2 heterocycles. The van der Waals surface area contributed by atoms with Gasteiger partial charge in [0.15, 0.2) is 5.69 Å². The number of hydrogen-bond acceptors (Lipinski definition) is 11. The van der Waals surface area contributed by atoms with Gasteiger partial charge in [-0.05, 0) is 62.1 Å². The van der Waals surface area contributed by atoms with Crippen molar-refractivity contribution in [3.63, 3.8) is 0 Å². The SMILES string of the molecule is COc1ccc(O)c([C@H]2C3=CC[C@@H]4C(=O)N(c5cc([N+](=O)[O-])c(N(C)C)c([N+](=O)[O-])c5)C(=O)[C@@H]4[C@@H]3C[C@H]3C(=O)N(c4ccc(F)c(Cl)c4)C(=O)[C@@]23C)c1. The summed E-state index contributed by atoms with van der Waals surface area (Å²) < 4.78 is 19.6. The Kier molecular flexibility index (Phi) is 8.28. The van der Waals surface area contributed by atoms with Gasteiger partial charge >= 0.3 is 11.4 Å². The van der Waals surface area contributed by atoms with Crippen molar-refractivity contribution in [3.05, 3.63) is 96.8 Å². The lowest BCUT2D eigenvalue weighted by molar-refractivity contribution is -0.392. The Labute approximate surface area is 305 Å². The molecule has 0 bridgehead atoms. The van der Waals surface area contributed by atoms with Gasteiger partial charge in [-0.3, -0.25) is 39.4 Å². The minimum absolute atomic E-state index is 0.0149. The molecule has 3 aromatic carbocycles. The van der Waals surface area contributed by atoms with E-state index >= 15 is 0 Å². The molecule has 3 fully saturated rings. The molecule has 0 aromatic heterocycles. The predicted molar refractivity (Wildman–Crippen MR) is 187 cm³/mol. The smallest absolute Gasteiger partial charge is 0.301 e. The van der Waals surface area contributed by atoms with Gasteiger partial charge in [-0.25, -0.2) is 14.2 Å². The van der Waals surface area contributed by atoms with E-state index in [-0.39, 0.29) is 46.2 Å². The van der Waals surface area contributed by atoms with Crippen molar-refractivity contribution in [2.24, 2.45) is 29.1 Å². The third-order valence-electron chi connectivity index (χ3n) is 11.1. The second-order valence-corrected chi connectivity index (χ2v) is 14.3. The molecule has 274 valence electrons. The number of carbonyl (C=O) groups excluding carboxylic acids is 4. The minimum Gasteiger partial charge on any atom is -0.508 e. The van der Waals surface area contributed by atoms with E-state index in [0.29, 0.717) is 11.3 Å². The minimum atomic E-state index is -1.56. The quantitative estimate of drug-likeness (QED) is 0.139. The van der Waals surface area contributed by atoms with Crippen LogP contribution in [0.4, 0.5) is 32.8 Å². The van der Waals surface area contributed by atoms with Crippen molar-refractivity contribution in [1.82, 2.24) is 0 Å². The van der Waals surface area contributed by atoms with Crippen LogP contribution in [0.1, 0.15) is 31.2 Å². The molecular formula is C36H31ClFN5O10. The average Bonchev–Trinajstić information content (AvgIpc) is 3.48. The van der Waals surface area contributed by atoms with E-state index in [1.165, 1.54) is 50.4 Å². The summed E-state index contributed by atoms with van der Waals surface area (Å²) in [7, 11) is 4.19. The number of carbonyl (C=O) groups is 4. The number of methoxy groups -OCH3 is 1. The van der Waals surface area contributed by atoms with E-state index in [4.69, 9.17) is 16.3 Å². The number of hydrogen-bond donors (Lipinski definition) is 1. The number of phenolic OH excluding ortho intramolecular Hbond substituents is 1. The van der Waals surface area contributed by atoms with E-state index in [2.05, 4.69) is 0 Å². The first kappa shape index (κ1) is 35.5. The fourth-order valence-electron chi connectivity index (χ4n) is 8.83. The number of halogens is 2. The maximum atomic E-state index is 14.6. The lowest BCUT2D eigenvalue weighted by Gasteiger charge is -2.49. The van der Waals surface area contributed by atoms with Crippen LogP contribution in [0, 0.1) is 55.1 Å². The number of nitro benzene ring substituents is 2. The molecule has 4 amide bonds. The number of benzene rings is 3. The monoisotopic (exact) mass is 747 g/mol. The van der Waals surface area contributed by atoms with Crippen LogP contribution in [0.5, 0.6) is 11.5 Å². The van der Waals surface area contributed by atoms with Gasteiger partial charge in [0, 0.05) is 37.7 Å². The average molecular weight is 748 g/mol. The second kappa shape index (κ2) is 12.4. The third-order valence-corrected chi connectivity index (χ3v) is 11.4. The van der Waals surface area contributed by atoms with Crippen LogP contribution >= 0.6 is 11.6 Å². The maximum absolute atomic E-state index is 14.6. The van der Waals surface area contributed by atoms with Crippen LogP contribution < -0.4 is 19.4 Å². The van der Waals surface area contributed by atoms with Crippen LogP contribution in [-0.2, 0) is 19.2 Å². The number of nitrogens with zero attached hydrogens (tertiary/aromatic N) is 5. The molecule has 0 radical (unpaired) electrons. The first-order valence-electron chi connectivity index (χ1n) is 16.4. The van der Waals surface area contributed by atoms with Gasteiger partial charge in [0.25, 0.3) is 0 Å². The van der Waals surface area contributed by atoms with Crippen molar-refractivity contribution < 1.29 is 43.3 Å². The van der Waals surface area contributed by atoms with Crippen molar-refractivity contribution >= 4 is 63.7 Å². The summed E-state index contributed by atoms with van der Waals surface area (Å²) in [6.07, 6.45) is 1.62. The highest BCUT2D eigenvalue weighted by molar-refractivity contribution is 6.32. The summed E-state index contributed by atoms with van der Waals surface area (Å²) in [5, 5.41) is 35.2. The van der Waals surface area contributed by atoms with E-state index < -0.39 is 85.7 Å². The Morgan fingerprint density at radius 3 is 2.17 bits per heavy atom. The van der Waals surface area contributed by atoms with Crippen molar-refractivity contribution in [3.8, 4) is 11.5 Å². The number of amides is 4. The van der Waals surface area contributed by atoms with E-state index in [9.17, 15) is 48.9 Å². The third kappa shape index (κ3) is 5.06. The van der Waals surface area contributed by atoms with Crippen LogP contribution in [0.3, 0.4) is 0 Å². The second-order valence-electron chi connectivity index (χ2n) is 13.9. The Hall–Kier alpha value is -5.90. The molecule has 1 N–H and O–H groups in total. The number of nitro groups is 2. The summed E-state index contributed by atoms with van der Waals surface area (Å²) in [6, 6.07) is 9.75. The molecule has 2 saturated heterocycles. The van der Waals surface area contributed by atoms with Crippen LogP contribution in [-0.4, -0.2) is 59.8 Å². The summed E-state index contributed by atoms with van der Waals surface area (Å²) in [4.78, 5) is 83.0. The molecule has 0 unspecified atom stereocenters. The molecule has 15 nitrogen and oxygen atoms in total. The standard InChI is InChI=1S/C36H31ClFN5O10/c1-36-23(33(46)41(35(36)48)16-5-9-25(38)24(37)11-16)15-21-19(30(36)22-14-18(53-4)6-10-28(22)44)7-8-20-29(21)34(47)40(32(20)45)17-12-26(42(49)50)31(39(2)3)27(13-17)43(51)52/h5-7,9-14,20-21,23,29-30,44H,8,15H2,1-4H3/t20-,21+,23-,29-,30+,36+/m0/s1. The molecule has 2 aliphatic carbocycles. The number of anilines is 3. The highest BCUT2D eigenvalue weighted by Gasteiger charge is 2.68. The van der Waals surface area contributed by atoms with Crippen LogP contribution in [0.25, 0.3) is 0 Å². The number of fused-ring (bicyclic) bond motifs is 4. The predicted octanol–water partition coefficient (Wildman–Crippen LogP) is 5.51. The Balaban J connectivity index is 1.38. The largest absolute Gasteiger partial charge is 0.508 e. The zero-order valence-electron chi connectivity index (χ0n) is 28.6. The lowest BCUT2D eigenvalue weighted by atomic mass is 9.51. The summed E-state index contributed by atoms with van der Waals surface area (Å²) >= 11 is 6.05. The number of allylic oxidation sites excluding steroid dienone is 2. The lowest BCUT2D eigenvalue weighted by Crippen LogP contribution is -2.48. The first-order valence-corrected chi connectivity index (χ1v) is 16.8. The van der Waals surface area contributed by atoms with Crippen LogP contribution in [0.15, 0.2) is 60.2 Å². The molecular weight excluding hydrogens is 717 g/mol. The van der Waals surface area contributed by atoms with Gasteiger partial charge in [-0.2, -0.15) is 0 Å². The highest BCUT2D eigenvalue weighted by Crippen LogP contribution is 2.65. The molecule has 2 aliphatic heterocycles. The fourth-order valence-corrected chi connectivity index (χ4v) is 9.01. The molecule has 0 spiro atoms. The van der Waals surface area contributed by atoms with Gasteiger partial charge in [0.2, 0.25) is 23.6 Å². The van der Waals surface area contributed by atoms with Crippen molar-refractivity contribution in [2.45, 2.75) is 25.7 Å². The first-order chi connectivity index (χ1) is 25.0. The zero-order chi connectivity index (χ0) is 38.4. The number of aromatic hydroxyl groups is 1. The summed E-state index contributed by atoms with van der Waals surface area (Å²) in [6.45, 7) is 1.59. The maximum Gasteiger partial charge on any atom is 0.301 e. The number of ether oxygens (including phenoxy) is 1. The van der Waals surface area contributed by atoms with E-state index in [1.54, 1.807) is 13.0 Å². The molecule has 3 aromatic rings. The van der Waals surface area contributed by atoms with Crippen LogP contribution in [0.2, 0.25) is 5.02 Å². The van der Waals surface area contributed by atoms with E-state index in [0.717, 1.165) is 34.1 Å². The summed E-state index contributed by atoms with van der Waals surface area (Å²) in [5.41, 5.74) is -2.86. The summed E-state index contributed by atoms with van der Waals surface area (Å²) in [5.74, 6) is -8.63. The van der Waals surface area contributed by atoms with Gasteiger partial charge in [-0.15, -0.1) is 0 Å². The van der Waals surface area contributed by atoms with Gasteiger partial charge in [0.05, 0.1) is 56.5 Å². The number of imide groups is 2.